The van der Waals surface area contributed by atoms with Gasteiger partial charge in [-0.1, -0.05) is 12.1 Å². The monoisotopic (exact) mass is 405 g/mol. The van der Waals surface area contributed by atoms with Crippen molar-refractivity contribution in [3.05, 3.63) is 72.3 Å². The lowest BCUT2D eigenvalue weighted by Crippen LogP contribution is -2.36. The molecule has 0 bridgehead atoms. The Hall–Kier alpha value is -3.68. The molecule has 30 heavy (non-hydrogen) atoms. The van der Waals surface area contributed by atoms with Gasteiger partial charge in [-0.15, -0.1) is 0 Å². The first kappa shape index (κ1) is 19.6. The lowest BCUT2D eigenvalue weighted by molar-refractivity contribution is 0.0519. The van der Waals surface area contributed by atoms with Crippen LogP contribution in [0.15, 0.2) is 60.9 Å². The minimum Gasteiger partial charge on any atom is -0.461 e. The largest absolute Gasteiger partial charge is 0.461 e. The number of rotatable bonds is 7. The summed E-state index contributed by atoms with van der Waals surface area (Å²) in [6, 6.07) is 14.7. The third-order valence-corrected chi connectivity index (χ3v) is 4.74. The second-order valence-corrected chi connectivity index (χ2v) is 7.03. The molecule has 1 saturated carbocycles. The molecule has 2 heterocycles. The molecule has 1 aromatic carbocycles. The van der Waals surface area contributed by atoms with Gasteiger partial charge in [0.05, 0.1) is 24.5 Å². The number of ether oxygens (including phenoxy) is 1. The van der Waals surface area contributed by atoms with Crippen molar-refractivity contribution in [2.75, 3.05) is 11.9 Å². The molecule has 1 fully saturated rings. The number of pyridine rings is 1. The van der Waals surface area contributed by atoms with Gasteiger partial charge in [0, 0.05) is 24.1 Å². The van der Waals surface area contributed by atoms with E-state index in [0.29, 0.717) is 18.8 Å². The third kappa shape index (κ3) is 4.65. The number of carbonyl (C=O) groups is 2. The summed E-state index contributed by atoms with van der Waals surface area (Å²) < 4.78 is 6.55. The summed E-state index contributed by atoms with van der Waals surface area (Å²) in [6.07, 6.45) is 5.43. The minimum absolute atomic E-state index is 0.159. The van der Waals surface area contributed by atoms with Crippen molar-refractivity contribution in [3.8, 4) is 5.69 Å². The Kier molecular flexibility index (Phi) is 5.74. The van der Waals surface area contributed by atoms with E-state index in [1.54, 1.807) is 30.1 Å². The maximum Gasteiger partial charge on any atom is 0.358 e. The molecule has 1 aliphatic rings. The average Bonchev–Trinajstić information content (AvgIpc) is 3.48. The van der Waals surface area contributed by atoms with Gasteiger partial charge in [0.15, 0.2) is 5.69 Å². The number of nitrogens with one attached hydrogen (secondary N) is 1. The number of esters is 1. The first-order valence-corrected chi connectivity index (χ1v) is 9.95. The highest BCUT2D eigenvalue weighted by atomic mass is 16.5. The number of hydrogen-bond donors (Lipinski definition) is 1. The molecule has 0 spiro atoms. The van der Waals surface area contributed by atoms with Crippen LogP contribution in [0.1, 0.15) is 35.9 Å². The second kappa shape index (κ2) is 8.77. The van der Waals surface area contributed by atoms with Gasteiger partial charge in [0.1, 0.15) is 0 Å². The van der Waals surface area contributed by atoms with E-state index in [-0.39, 0.29) is 17.8 Å². The molecule has 8 nitrogen and oxygen atoms in total. The number of nitrogens with zero attached hydrogens (tertiary/aromatic N) is 4. The van der Waals surface area contributed by atoms with E-state index >= 15 is 0 Å². The van der Waals surface area contributed by atoms with Gasteiger partial charge in [-0.05, 0) is 56.2 Å². The van der Waals surface area contributed by atoms with E-state index in [0.717, 1.165) is 24.2 Å². The molecule has 0 atom stereocenters. The van der Waals surface area contributed by atoms with Crippen LogP contribution < -0.4 is 5.32 Å². The third-order valence-electron chi connectivity index (χ3n) is 4.74. The smallest absolute Gasteiger partial charge is 0.358 e. The molecule has 0 radical (unpaired) electrons. The number of hydrogen-bond acceptors (Lipinski definition) is 5. The normalized spacial score (nSPS) is 13.0. The van der Waals surface area contributed by atoms with Gasteiger partial charge in [0.25, 0.3) is 0 Å². The molecule has 0 aliphatic heterocycles. The van der Waals surface area contributed by atoms with E-state index in [2.05, 4.69) is 15.4 Å². The number of urea groups is 1. The Labute approximate surface area is 174 Å². The summed E-state index contributed by atoms with van der Waals surface area (Å²) >= 11 is 0. The molecular formula is C22H23N5O3. The summed E-state index contributed by atoms with van der Waals surface area (Å²) in [6.45, 7) is 2.52. The fraction of sp³-hybridized carbons (Fsp3) is 0.273. The first-order valence-electron chi connectivity index (χ1n) is 9.95. The van der Waals surface area contributed by atoms with Crippen molar-refractivity contribution in [2.45, 2.75) is 32.4 Å². The predicted octanol–water partition coefficient (Wildman–Crippen LogP) is 3.64. The van der Waals surface area contributed by atoms with E-state index in [9.17, 15) is 9.59 Å². The van der Waals surface area contributed by atoms with Gasteiger partial charge < -0.3 is 15.0 Å². The van der Waals surface area contributed by atoms with Gasteiger partial charge in [0.2, 0.25) is 0 Å². The standard InChI is InChI=1S/C22H23N5O3/c1-2-30-21(28)20-11-13-27(25-20)19-8-5-7-16(14-19)24-22(29)26(18-9-10-18)15-17-6-3-4-12-23-17/h3-8,11-14,18H,2,9-10,15H2,1H3,(H,24,29). The number of amides is 2. The Bertz CT molecular complexity index is 1030. The van der Waals surface area contributed by atoms with Crippen LogP contribution >= 0.6 is 0 Å². The van der Waals surface area contributed by atoms with Gasteiger partial charge in [-0.3, -0.25) is 4.98 Å². The molecule has 4 rings (SSSR count). The Morgan fingerprint density at radius 2 is 2.07 bits per heavy atom. The second-order valence-electron chi connectivity index (χ2n) is 7.03. The van der Waals surface area contributed by atoms with E-state index in [1.807, 2.05) is 47.4 Å². The molecular weight excluding hydrogens is 382 g/mol. The molecule has 3 aromatic rings. The van der Waals surface area contributed by atoms with Crippen molar-refractivity contribution < 1.29 is 14.3 Å². The maximum absolute atomic E-state index is 12.9. The maximum atomic E-state index is 12.9. The first-order chi connectivity index (χ1) is 14.6. The Morgan fingerprint density at radius 3 is 2.80 bits per heavy atom. The molecule has 1 N–H and O–H groups in total. The Morgan fingerprint density at radius 1 is 1.20 bits per heavy atom. The number of anilines is 1. The SMILES string of the molecule is CCOC(=O)c1ccn(-c2cccc(NC(=O)N(Cc3ccccn3)C3CC3)c2)n1. The summed E-state index contributed by atoms with van der Waals surface area (Å²) in [4.78, 5) is 30.9. The van der Waals surface area contributed by atoms with E-state index in [1.165, 1.54) is 0 Å². The van der Waals surface area contributed by atoms with Gasteiger partial charge >= 0.3 is 12.0 Å². The van der Waals surface area contributed by atoms with Crippen LogP contribution in [0.4, 0.5) is 10.5 Å². The minimum atomic E-state index is -0.463. The van der Waals surface area contributed by atoms with Crippen LogP contribution in [0.5, 0.6) is 0 Å². The summed E-state index contributed by atoms with van der Waals surface area (Å²) in [5, 5.41) is 7.23. The molecule has 2 amide bonds. The molecule has 0 unspecified atom stereocenters. The van der Waals surface area contributed by atoms with Crippen LogP contribution in [-0.4, -0.2) is 44.3 Å². The van der Waals surface area contributed by atoms with E-state index in [4.69, 9.17) is 4.74 Å². The van der Waals surface area contributed by atoms with Gasteiger partial charge in [-0.25, -0.2) is 14.3 Å². The van der Waals surface area contributed by atoms with Crippen LogP contribution in [0, 0.1) is 0 Å². The Balaban J connectivity index is 1.47. The zero-order valence-corrected chi connectivity index (χ0v) is 16.7. The van der Waals surface area contributed by atoms with Crippen molar-refractivity contribution >= 4 is 17.7 Å². The van der Waals surface area contributed by atoms with E-state index < -0.39 is 5.97 Å². The highest BCUT2D eigenvalue weighted by Crippen LogP contribution is 2.29. The zero-order chi connectivity index (χ0) is 20.9. The molecule has 154 valence electrons. The van der Waals surface area contributed by atoms with Crippen molar-refractivity contribution in [1.29, 1.82) is 0 Å². The number of benzene rings is 1. The highest BCUT2D eigenvalue weighted by Gasteiger charge is 2.33. The van der Waals surface area contributed by atoms with Gasteiger partial charge in [-0.2, -0.15) is 5.10 Å². The molecule has 0 saturated heterocycles. The summed E-state index contributed by atoms with van der Waals surface area (Å²) in [5.41, 5.74) is 2.47. The topological polar surface area (TPSA) is 89.4 Å². The van der Waals surface area contributed by atoms with Crippen LogP contribution in [0.3, 0.4) is 0 Å². The zero-order valence-electron chi connectivity index (χ0n) is 16.7. The van der Waals surface area contributed by atoms with Crippen LogP contribution in [0.2, 0.25) is 0 Å². The summed E-state index contributed by atoms with van der Waals surface area (Å²) in [5.74, 6) is -0.463. The molecule has 8 heteroatoms. The number of aromatic nitrogens is 3. The quantitative estimate of drug-likeness (QED) is 0.606. The molecule has 2 aromatic heterocycles. The van der Waals surface area contributed by atoms with Crippen LogP contribution in [0.25, 0.3) is 5.69 Å². The van der Waals surface area contributed by atoms with Crippen molar-refractivity contribution in [2.24, 2.45) is 0 Å². The van der Waals surface area contributed by atoms with Crippen LogP contribution in [-0.2, 0) is 11.3 Å². The highest BCUT2D eigenvalue weighted by molar-refractivity contribution is 5.90. The number of carbonyl (C=O) groups excluding carboxylic acids is 2. The average molecular weight is 405 g/mol. The van der Waals surface area contributed by atoms with Crippen molar-refractivity contribution in [3.63, 3.8) is 0 Å². The summed E-state index contributed by atoms with van der Waals surface area (Å²) in [7, 11) is 0. The lowest BCUT2D eigenvalue weighted by atomic mass is 10.2. The van der Waals surface area contributed by atoms with Crippen molar-refractivity contribution in [1.82, 2.24) is 19.7 Å². The fourth-order valence-corrected chi connectivity index (χ4v) is 3.12. The lowest BCUT2D eigenvalue weighted by Gasteiger charge is -2.22. The fourth-order valence-electron chi connectivity index (χ4n) is 3.12. The predicted molar refractivity (Wildman–Crippen MR) is 111 cm³/mol. The molecule has 1 aliphatic carbocycles.